The minimum Gasteiger partial charge on any atom is -0.358 e. The van der Waals surface area contributed by atoms with Crippen molar-refractivity contribution in [2.75, 3.05) is 0 Å². The standard InChI is InChI=1S/C13H15N/c1-9-6-7-13-11(8-9)10-4-2-3-5-12(10)14-13/h2,4,6-7,9,14H,3,5,8H2,1H3. The zero-order chi connectivity index (χ0) is 9.54. The van der Waals surface area contributed by atoms with E-state index in [1.807, 2.05) is 0 Å². The third kappa shape index (κ3) is 1.08. The van der Waals surface area contributed by atoms with E-state index in [0.29, 0.717) is 5.92 Å². The molecule has 0 aliphatic heterocycles. The number of aryl methyl sites for hydroxylation is 1. The Morgan fingerprint density at radius 3 is 3.21 bits per heavy atom. The van der Waals surface area contributed by atoms with Gasteiger partial charge < -0.3 is 4.98 Å². The Bertz CT molecular complexity index is 421. The zero-order valence-corrected chi connectivity index (χ0v) is 8.51. The van der Waals surface area contributed by atoms with Crippen LogP contribution >= 0.6 is 0 Å². The van der Waals surface area contributed by atoms with Gasteiger partial charge in [0, 0.05) is 11.4 Å². The number of hydrogen-bond donors (Lipinski definition) is 1. The smallest absolute Gasteiger partial charge is 0.0418 e. The van der Waals surface area contributed by atoms with Gasteiger partial charge >= 0.3 is 0 Å². The molecule has 0 saturated heterocycles. The van der Waals surface area contributed by atoms with Crippen molar-refractivity contribution in [3.63, 3.8) is 0 Å². The summed E-state index contributed by atoms with van der Waals surface area (Å²) in [6, 6.07) is 0. The summed E-state index contributed by atoms with van der Waals surface area (Å²) in [6.45, 7) is 2.28. The maximum Gasteiger partial charge on any atom is 0.0418 e. The summed E-state index contributed by atoms with van der Waals surface area (Å²) in [6.07, 6.45) is 12.7. The van der Waals surface area contributed by atoms with Crippen molar-refractivity contribution in [2.45, 2.75) is 26.2 Å². The molecule has 1 N–H and O–H groups in total. The summed E-state index contributed by atoms with van der Waals surface area (Å²) in [7, 11) is 0. The molecule has 0 amide bonds. The van der Waals surface area contributed by atoms with E-state index in [1.165, 1.54) is 41.8 Å². The van der Waals surface area contributed by atoms with Crippen molar-refractivity contribution in [3.05, 3.63) is 34.7 Å². The Morgan fingerprint density at radius 2 is 2.29 bits per heavy atom. The highest BCUT2D eigenvalue weighted by Crippen LogP contribution is 2.31. The molecular weight excluding hydrogens is 170 g/mol. The van der Waals surface area contributed by atoms with Gasteiger partial charge in [-0.15, -0.1) is 0 Å². The first-order valence-corrected chi connectivity index (χ1v) is 5.43. The van der Waals surface area contributed by atoms with E-state index >= 15 is 0 Å². The molecular formula is C13H15N. The largest absolute Gasteiger partial charge is 0.358 e. The predicted molar refractivity (Wildman–Crippen MR) is 60.0 cm³/mol. The molecule has 2 aliphatic carbocycles. The number of rotatable bonds is 0. The van der Waals surface area contributed by atoms with Crippen LogP contribution in [0.2, 0.25) is 0 Å². The normalized spacial score (nSPS) is 23.4. The van der Waals surface area contributed by atoms with E-state index in [9.17, 15) is 0 Å². The minimum absolute atomic E-state index is 0.692. The summed E-state index contributed by atoms with van der Waals surface area (Å²) in [5.41, 5.74) is 5.80. The van der Waals surface area contributed by atoms with Gasteiger partial charge in [-0.2, -0.15) is 0 Å². The summed E-state index contributed by atoms with van der Waals surface area (Å²) in [4.78, 5) is 3.54. The van der Waals surface area contributed by atoms with Gasteiger partial charge in [0.05, 0.1) is 0 Å². The lowest BCUT2D eigenvalue weighted by molar-refractivity contribution is 0.716. The molecule has 1 heterocycles. The Balaban J connectivity index is 2.16. The highest BCUT2D eigenvalue weighted by Gasteiger charge is 2.19. The Hall–Kier alpha value is -1.24. The molecule has 1 atom stereocenters. The average molecular weight is 185 g/mol. The molecule has 1 nitrogen and oxygen atoms in total. The van der Waals surface area contributed by atoms with Crippen LogP contribution in [0.15, 0.2) is 12.2 Å². The highest BCUT2D eigenvalue weighted by atomic mass is 14.7. The molecule has 1 heteroatoms. The van der Waals surface area contributed by atoms with E-state index in [-0.39, 0.29) is 0 Å². The Kier molecular flexibility index (Phi) is 1.66. The van der Waals surface area contributed by atoms with E-state index < -0.39 is 0 Å². The minimum atomic E-state index is 0.692. The van der Waals surface area contributed by atoms with Crippen LogP contribution in [0.5, 0.6) is 0 Å². The van der Waals surface area contributed by atoms with Gasteiger partial charge in [0.15, 0.2) is 0 Å². The number of fused-ring (bicyclic) bond motifs is 3. The van der Waals surface area contributed by atoms with Gasteiger partial charge in [0.2, 0.25) is 0 Å². The number of aromatic amines is 1. The van der Waals surface area contributed by atoms with E-state index in [0.717, 1.165) is 0 Å². The summed E-state index contributed by atoms with van der Waals surface area (Å²) in [5, 5.41) is 0. The van der Waals surface area contributed by atoms with Gasteiger partial charge in [0.25, 0.3) is 0 Å². The zero-order valence-electron chi connectivity index (χ0n) is 8.51. The molecule has 0 saturated carbocycles. The third-order valence-corrected chi connectivity index (χ3v) is 3.22. The van der Waals surface area contributed by atoms with Crippen LogP contribution in [0, 0.1) is 5.92 Å². The second kappa shape index (κ2) is 2.88. The lowest BCUT2D eigenvalue weighted by Gasteiger charge is -2.13. The van der Waals surface area contributed by atoms with Crippen LogP contribution in [0.25, 0.3) is 12.2 Å². The maximum atomic E-state index is 3.54. The first-order valence-electron chi connectivity index (χ1n) is 5.43. The van der Waals surface area contributed by atoms with Gasteiger partial charge in [-0.25, -0.2) is 0 Å². The molecule has 1 unspecified atom stereocenters. The Labute approximate surface area is 84.5 Å². The molecule has 14 heavy (non-hydrogen) atoms. The monoisotopic (exact) mass is 185 g/mol. The number of nitrogens with one attached hydrogen (secondary N) is 1. The molecule has 0 bridgehead atoms. The van der Waals surface area contributed by atoms with Gasteiger partial charge in [-0.05, 0) is 42.4 Å². The Morgan fingerprint density at radius 1 is 1.36 bits per heavy atom. The SMILES string of the molecule is CC1C=Cc2[nH]c3c(c2C1)C=CCC3. The van der Waals surface area contributed by atoms with E-state index in [2.05, 4.69) is 36.2 Å². The van der Waals surface area contributed by atoms with Crippen LogP contribution in [-0.2, 0) is 12.8 Å². The third-order valence-electron chi connectivity index (χ3n) is 3.22. The lowest BCUT2D eigenvalue weighted by atomic mass is 9.90. The molecule has 0 radical (unpaired) electrons. The van der Waals surface area contributed by atoms with Crippen molar-refractivity contribution >= 4 is 12.2 Å². The molecule has 0 spiro atoms. The first-order chi connectivity index (χ1) is 6.84. The fourth-order valence-corrected chi connectivity index (χ4v) is 2.47. The van der Waals surface area contributed by atoms with Crippen molar-refractivity contribution < 1.29 is 0 Å². The second-order valence-electron chi connectivity index (χ2n) is 4.39. The summed E-state index contributed by atoms with van der Waals surface area (Å²) >= 11 is 0. The molecule has 2 aliphatic rings. The topological polar surface area (TPSA) is 15.8 Å². The van der Waals surface area contributed by atoms with Gasteiger partial charge in [-0.1, -0.05) is 25.2 Å². The van der Waals surface area contributed by atoms with Crippen LogP contribution in [0.1, 0.15) is 35.9 Å². The van der Waals surface area contributed by atoms with Gasteiger partial charge in [0.1, 0.15) is 0 Å². The van der Waals surface area contributed by atoms with Gasteiger partial charge in [-0.3, -0.25) is 0 Å². The number of H-pyrrole nitrogens is 1. The van der Waals surface area contributed by atoms with E-state index in [4.69, 9.17) is 0 Å². The lowest BCUT2D eigenvalue weighted by Crippen LogP contribution is -2.02. The quantitative estimate of drug-likeness (QED) is 0.639. The number of hydrogen-bond acceptors (Lipinski definition) is 0. The van der Waals surface area contributed by atoms with Crippen LogP contribution in [-0.4, -0.2) is 4.98 Å². The van der Waals surface area contributed by atoms with Crippen molar-refractivity contribution in [3.8, 4) is 0 Å². The molecule has 0 fully saturated rings. The predicted octanol–water partition coefficient (Wildman–Crippen LogP) is 3.18. The summed E-state index contributed by atoms with van der Waals surface area (Å²) in [5.74, 6) is 0.692. The molecule has 1 aromatic rings. The highest BCUT2D eigenvalue weighted by molar-refractivity contribution is 5.67. The number of allylic oxidation sites excluding steroid dienone is 2. The molecule has 0 aromatic carbocycles. The van der Waals surface area contributed by atoms with E-state index in [1.54, 1.807) is 0 Å². The maximum absolute atomic E-state index is 3.54. The van der Waals surface area contributed by atoms with Crippen LogP contribution in [0.3, 0.4) is 0 Å². The fraction of sp³-hybridized carbons (Fsp3) is 0.385. The number of aromatic nitrogens is 1. The van der Waals surface area contributed by atoms with Crippen molar-refractivity contribution in [1.82, 2.24) is 4.98 Å². The average Bonchev–Trinajstić information content (AvgIpc) is 2.56. The first kappa shape index (κ1) is 8.10. The van der Waals surface area contributed by atoms with Crippen molar-refractivity contribution in [2.24, 2.45) is 5.92 Å². The molecule has 3 rings (SSSR count). The van der Waals surface area contributed by atoms with Crippen molar-refractivity contribution in [1.29, 1.82) is 0 Å². The van der Waals surface area contributed by atoms with Crippen LogP contribution in [0.4, 0.5) is 0 Å². The summed E-state index contributed by atoms with van der Waals surface area (Å²) < 4.78 is 0. The molecule has 1 aromatic heterocycles. The fourth-order valence-electron chi connectivity index (χ4n) is 2.47. The second-order valence-corrected chi connectivity index (χ2v) is 4.39. The van der Waals surface area contributed by atoms with Crippen LogP contribution < -0.4 is 0 Å². The molecule has 72 valence electrons.